The van der Waals surface area contributed by atoms with Gasteiger partial charge in [0.1, 0.15) is 159 Å². The summed E-state index contributed by atoms with van der Waals surface area (Å²) in [4.78, 5) is 9.90. The first kappa shape index (κ1) is 74.2. The topological polar surface area (TPSA) is 689 Å². The molecule has 0 amide bonds. The first-order valence-corrected chi connectivity index (χ1v) is 23.3. The first-order valence-electron chi connectivity index (χ1n) is 23.3. The lowest BCUT2D eigenvalue weighted by Crippen LogP contribution is -2.64. The van der Waals surface area contributed by atoms with E-state index < -0.39 is 236 Å². The molecule has 0 spiro atoms. The molecule has 5 saturated heterocycles. The summed E-state index contributed by atoms with van der Waals surface area (Å²) in [7, 11) is 0. The van der Waals surface area contributed by atoms with Crippen LogP contribution in [0.3, 0.4) is 0 Å². The van der Waals surface area contributed by atoms with Crippen molar-refractivity contribution < 1.29 is 191 Å². The molecule has 38 heteroatoms. The van der Waals surface area contributed by atoms with Crippen LogP contribution in [0, 0.1) is 0 Å². The van der Waals surface area contributed by atoms with Crippen molar-refractivity contribution >= 4 is 6.29 Å². The summed E-state index contributed by atoms with van der Waals surface area (Å²) >= 11 is 0. The van der Waals surface area contributed by atoms with Gasteiger partial charge in [-0.1, -0.05) is 0 Å². The quantitative estimate of drug-likeness (QED) is 0.0601. The largest absolute Gasteiger partial charge is 0.394 e. The van der Waals surface area contributed by atoms with Crippen LogP contribution in [-0.2, 0) is 38.0 Å². The fraction of sp³-hybridized carbons (Fsp3) is 0.975. The predicted octanol–water partition coefficient (Wildman–Crippen LogP) is -19.7. The second-order valence-electron chi connectivity index (χ2n) is 17.7. The predicted molar refractivity (Wildman–Crippen MR) is 237 cm³/mol. The van der Waals surface area contributed by atoms with E-state index in [0.29, 0.717) is 0 Å². The second-order valence-corrected chi connectivity index (χ2v) is 17.7. The first-order chi connectivity index (χ1) is 36.4. The highest BCUT2D eigenvalue weighted by atomic mass is 16.7. The van der Waals surface area contributed by atoms with Crippen molar-refractivity contribution in [2.45, 2.75) is 190 Å². The van der Waals surface area contributed by atoms with Crippen LogP contribution in [0.15, 0.2) is 0 Å². The van der Waals surface area contributed by atoms with E-state index in [0.717, 1.165) is 0 Å². The molecule has 0 aromatic carbocycles. The molecule has 0 aromatic rings. The Morgan fingerprint density at radius 2 is 0.705 bits per heavy atom. The van der Waals surface area contributed by atoms with E-state index in [2.05, 4.69) is 4.74 Å². The zero-order valence-corrected chi connectivity index (χ0v) is 40.8. The van der Waals surface area contributed by atoms with Crippen LogP contribution in [0.1, 0.15) is 0 Å². The minimum Gasteiger partial charge on any atom is -0.394 e. The average Bonchev–Trinajstić information content (AvgIpc) is 3.44. The van der Waals surface area contributed by atoms with Gasteiger partial charge < -0.3 is 191 Å². The van der Waals surface area contributed by atoms with Crippen LogP contribution in [0.5, 0.6) is 0 Å². The van der Waals surface area contributed by atoms with Crippen molar-refractivity contribution in [3.63, 3.8) is 0 Å². The molecule has 466 valence electrons. The summed E-state index contributed by atoms with van der Waals surface area (Å²) in [6, 6.07) is 0. The minimum absolute atomic E-state index is 0.0258. The summed E-state index contributed by atoms with van der Waals surface area (Å²) in [5, 5.41) is 274. The van der Waals surface area contributed by atoms with Crippen LogP contribution in [0.25, 0.3) is 0 Å². The Morgan fingerprint density at radius 1 is 0.372 bits per heavy atom. The van der Waals surface area contributed by atoms with Gasteiger partial charge in [0.25, 0.3) is 0 Å². The monoisotopic (exact) mass is 1170 g/mol. The third-order valence-corrected chi connectivity index (χ3v) is 12.0. The molecule has 5 aliphatic rings. The summed E-state index contributed by atoms with van der Waals surface area (Å²) in [6.07, 6.45) is -47.5. The number of hydrogen-bond acceptors (Lipinski definition) is 38. The highest BCUT2D eigenvalue weighted by Crippen LogP contribution is 2.30. The number of hydrogen-bond donors (Lipinski definition) is 30. The molecule has 30 N–H and O–H groups in total. The number of rotatable bonds is 17. The Balaban J connectivity index is 0.000000514. The Bertz CT molecular complexity index is 1470. The Kier molecular flexibility index (Phi) is 34.3. The lowest BCUT2D eigenvalue weighted by Gasteiger charge is -2.45. The van der Waals surface area contributed by atoms with Crippen LogP contribution in [0.2, 0.25) is 0 Å². The molecule has 1 unspecified atom stereocenters. The molecule has 0 radical (unpaired) electrons. The zero-order chi connectivity index (χ0) is 60.2. The molecule has 0 bridgehead atoms. The Morgan fingerprint density at radius 3 is 1.01 bits per heavy atom. The van der Waals surface area contributed by atoms with Crippen LogP contribution >= 0.6 is 0 Å². The van der Waals surface area contributed by atoms with Crippen molar-refractivity contribution in [2.24, 2.45) is 0 Å². The maximum absolute atomic E-state index is 9.94. The van der Waals surface area contributed by atoms with Crippen LogP contribution < -0.4 is 0 Å². The van der Waals surface area contributed by atoms with Gasteiger partial charge in [0.15, 0.2) is 37.7 Å². The Labute approximate surface area is 440 Å². The van der Waals surface area contributed by atoms with E-state index in [1.807, 2.05) is 0 Å². The standard InChI is InChI=1S/2C12H22O11.C6H12O6.C5H10O5.C5H12O5/c2*13-1-3-5(15)6(16)9(19)12(22-3)23-10-4(2-14)21-11(20)8(18)7(10)17;7-1-3(9)5(11)6(12)4(10)2-8;6-2-1-10-5(9)4(8)3(2)7;6-1-3(8)5(10)4(9)2-7/h2*3-20H,1-2H2;1,3-6,8-12H,2H2;2-9H,1H2;3-10H,1-2H2/t3-,4-,5+,6+,7-,8-,9-,10-,11-,12+;3-,4-,5-,6+,7-,8-,9-,10-,11-,12+;3-,4+,5+,6+;2-,3+,4-,5?;3-,4+,5+/m1101./s1. The maximum atomic E-state index is 9.94. The smallest absolute Gasteiger partial charge is 0.187 e. The molecule has 5 rings (SSSR count). The molecule has 31 atom stereocenters. The van der Waals surface area contributed by atoms with E-state index in [9.17, 15) is 76.3 Å². The lowest BCUT2D eigenvalue weighted by atomic mass is 9.97. The van der Waals surface area contributed by atoms with Gasteiger partial charge in [-0.15, -0.1) is 0 Å². The second kappa shape index (κ2) is 36.0. The molecule has 78 heavy (non-hydrogen) atoms. The lowest BCUT2D eigenvalue weighted by molar-refractivity contribution is -0.355. The van der Waals surface area contributed by atoms with E-state index in [4.69, 9.17) is 110 Å². The van der Waals surface area contributed by atoms with Gasteiger partial charge in [-0.25, -0.2) is 0 Å². The van der Waals surface area contributed by atoms with Crippen molar-refractivity contribution in [3.8, 4) is 0 Å². The number of aliphatic hydroxyl groups is 30. The molecule has 5 heterocycles. The SMILES string of the molecule is O=C[C@H](O)[C@@H](O)[C@H](O)[C@H](O)CO.OC1OC[C@@H](O)[C@H](O)[C@H]1O.OC[C@@H](O)[C@H](O)[C@@H](O)CO.OC[C@H]1O[C@@H](O[C@H]2[C@H](O)[C@@H](O)[C@H](O)O[C@@H]2CO)[C@H](O)[C@@H](O)[C@@H]1O.OC[C@H]1O[C@@H](O[C@H]2[C@H](O)[C@@H](O)[C@H](O)O[C@@H]2CO)[C@H](O)[C@@H](O)[C@H]1O. The Hall–Kier alpha value is -1.81. The minimum atomic E-state index is -1.79. The van der Waals surface area contributed by atoms with Gasteiger partial charge in [-0.2, -0.15) is 0 Å². The van der Waals surface area contributed by atoms with Gasteiger partial charge in [0.2, 0.25) is 0 Å². The molecule has 0 saturated carbocycles. The molecule has 0 aliphatic carbocycles. The third-order valence-electron chi connectivity index (χ3n) is 12.0. The van der Waals surface area contributed by atoms with E-state index >= 15 is 0 Å². The van der Waals surface area contributed by atoms with Crippen molar-refractivity contribution in [3.05, 3.63) is 0 Å². The number of aldehydes is 1. The molecule has 5 aliphatic heterocycles. The fourth-order valence-corrected chi connectivity index (χ4v) is 7.02. The number of carbonyl (C=O) groups is 1. The van der Waals surface area contributed by atoms with E-state index in [1.165, 1.54) is 0 Å². The third kappa shape index (κ3) is 20.5. The van der Waals surface area contributed by atoms with E-state index in [1.54, 1.807) is 0 Å². The summed E-state index contributed by atoms with van der Waals surface area (Å²) in [5.74, 6) is 0. The fourth-order valence-electron chi connectivity index (χ4n) is 7.02. The normalized spacial score (nSPS) is 42.6. The molecule has 38 nitrogen and oxygen atoms in total. The average molecular weight is 1170 g/mol. The van der Waals surface area contributed by atoms with Crippen molar-refractivity contribution in [1.29, 1.82) is 0 Å². The summed E-state index contributed by atoms with van der Waals surface area (Å²) in [6.45, 7) is -4.88. The molecular weight excluding hydrogens is 1090 g/mol. The number of aliphatic hydroxyl groups excluding tert-OH is 30. The van der Waals surface area contributed by atoms with Gasteiger partial charge in [0, 0.05) is 0 Å². The van der Waals surface area contributed by atoms with Gasteiger partial charge >= 0.3 is 0 Å². The van der Waals surface area contributed by atoms with Crippen molar-refractivity contribution in [2.75, 3.05) is 52.9 Å². The number of carbonyl (C=O) groups excluding carboxylic acids is 1. The summed E-state index contributed by atoms with van der Waals surface area (Å²) in [5.41, 5.74) is 0. The maximum Gasteiger partial charge on any atom is 0.187 e. The molecular formula is C40H78O38. The molecule has 5 fully saturated rings. The molecule has 0 aromatic heterocycles. The van der Waals surface area contributed by atoms with Gasteiger partial charge in [-0.3, -0.25) is 0 Å². The van der Waals surface area contributed by atoms with Crippen LogP contribution in [-0.4, -0.2) is 402 Å². The highest BCUT2D eigenvalue weighted by molar-refractivity contribution is 5.56. The van der Waals surface area contributed by atoms with Gasteiger partial charge in [-0.05, 0) is 0 Å². The number of ether oxygens (including phenoxy) is 7. The van der Waals surface area contributed by atoms with Gasteiger partial charge in [0.05, 0.1) is 52.9 Å². The van der Waals surface area contributed by atoms with Crippen LogP contribution in [0.4, 0.5) is 0 Å². The summed E-state index contributed by atoms with van der Waals surface area (Å²) < 4.78 is 35.0. The zero-order valence-electron chi connectivity index (χ0n) is 40.8. The van der Waals surface area contributed by atoms with E-state index in [-0.39, 0.29) is 12.9 Å². The highest BCUT2D eigenvalue weighted by Gasteiger charge is 2.52. The van der Waals surface area contributed by atoms with Crippen molar-refractivity contribution in [1.82, 2.24) is 0 Å².